The van der Waals surface area contributed by atoms with Gasteiger partial charge in [0, 0.05) is 24.4 Å². The van der Waals surface area contributed by atoms with Gasteiger partial charge >= 0.3 is 5.69 Å². The molecule has 1 saturated heterocycles. The number of rotatable bonds is 1. The second-order valence-electron chi connectivity index (χ2n) is 3.35. The van der Waals surface area contributed by atoms with Crippen LogP contribution in [0, 0.1) is 6.92 Å². The molecule has 2 heterocycles. The largest absolute Gasteiger partial charge is 0.381 e. The van der Waals surface area contributed by atoms with Gasteiger partial charge in [-0.15, -0.1) is 0 Å². The molecular weight excluding hydrogens is 168 g/mol. The van der Waals surface area contributed by atoms with Crippen molar-refractivity contribution in [2.24, 2.45) is 0 Å². The molecule has 1 aromatic heterocycles. The molecule has 0 saturated carbocycles. The summed E-state index contributed by atoms with van der Waals surface area (Å²) in [7, 11) is 0. The molecular formula is C9H12N2O2. The highest BCUT2D eigenvalue weighted by atomic mass is 16.5. The highest BCUT2D eigenvalue weighted by molar-refractivity contribution is 5.18. The van der Waals surface area contributed by atoms with E-state index in [1.807, 2.05) is 6.92 Å². The second-order valence-corrected chi connectivity index (χ2v) is 3.35. The maximum Gasteiger partial charge on any atom is 0.345 e. The van der Waals surface area contributed by atoms with Crippen LogP contribution in [-0.2, 0) is 4.74 Å². The lowest BCUT2D eigenvalue weighted by atomic mass is 10.0. The van der Waals surface area contributed by atoms with E-state index in [1.165, 1.54) is 0 Å². The molecule has 1 unspecified atom stereocenters. The van der Waals surface area contributed by atoms with Crippen LogP contribution < -0.4 is 5.69 Å². The number of aromatic amines is 1. The van der Waals surface area contributed by atoms with Crippen LogP contribution in [0.4, 0.5) is 0 Å². The molecule has 1 aromatic rings. The molecule has 70 valence electrons. The van der Waals surface area contributed by atoms with Crippen LogP contribution in [0.5, 0.6) is 0 Å². The number of nitrogens with zero attached hydrogens (tertiary/aromatic N) is 1. The molecule has 1 fully saturated rings. The fraction of sp³-hybridized carbons (Fsp3) is 0.556. The number of hydrogen-bond acceptors (Lipinski definition) is 3. The Labute approximate surface area is 76.0 Å². The van der Waals surface area contributed by atoms with E-state index in [0.717, 1.165) is 24.3 Å². The van der Waals surface area contributed by atoms with E-state index in [0.29, 0.717) is 12.5 Å². The third-order valence-electron chi connectivity index (χ3n) is 2.38. The Kier molecular flexibility index (Phi) is 2.14. The van der Waals surface area contributed by atoms with Crippen molar-refractivity contribution < 1.29 is 4.74 Å². The van der Waals surface area contributed by atoms with E-state index < -0.39 is 0 Å². The third-order valence-corrected chi connectivity index (χ3v) is 2.38. The summed E-state index contributed by atoms with van der Waals surface area (Å²) in [6.07, 6.45) is 2.60. The average molecular weight is 180 g/mol. The molecule has 2 rings (SSSR count). The van der Waals surface area contributed by atoms with E-state index in [2.05, 4.69) is 9.97 Å². The minimum atomic E-state index is -0.271. The Hall–Kier alpha value is -1.16. The average Bonchev–Trinajstić information content (AvgIpc) is 2.61. The number of ether oxygens (including phenoxy) is 1. The molecule has 0 spiro atoms. The van der Waals surface area contributed by atoms with Crippen LogP contribution in [0.2, 0.25) is 0 Å². The monoisotopic (exact) mass is 180 g/mol. The lowest BCUT2D eigenvalue weighted by molar-refractivity contribution is 0.193. The standard InChI is InChI=1S/C9H12N2O2/c1-6-4-10-9(12)11-8(6)7-2-3-13-5-7/h4,7H,2-3,5H2,1H3,(H,10,11,12). The Morgan fingerprint density at radius 2 is 2.54 bits per heavy atom. The third kappa shape index (κ3) is 1.62. The summed E-state index contributed by atoms with van der Waals surface area (Å²) in [5, 5.41) is 0. The van der Waals surface area contributed by atoms with Crippen molar-refractivity contribution in [3.63, 3.8) is 0 Å². The van der Waals surface area contributed by atoms with E-state index >= 15 is 0 Å². The van der Waals surface area contributed by atoms with Crippen molar-refractivity contribution in [3.05, 3.63) is 27.9 Å². The minimum absolute atomic E-state index is 0.271. The van der Waals surface area contributed by atoms with Gasteiger partial charge in [0.05, 0.1) is 6.61 Å². The number of aromatic nitrogens is 2. The van der Waals surface area contributed by atoms with E-state index in [9.17, 15) is 4.79 Å². The van der Waals surface area contributed by atoms with Gasteiger partial charge in [0.2, 0.25) is 0 Å². The van der Waals surface area contributed by atoms with E-state index in [4.69, 9.17) is 4.74 Å². The van der Waals surface area contributed by atoms with Gasteiger partial charge in [-0.2, -0.15) is 0 Å². The van der Waals surface area contributed by atoms with E-state index in [1.54, 1.807) is 6.20 Å². The zero-order valence-corrected chi connectivity index (χ0v) is 7.54. The number of H-pyrrole nitrogens is 1. The first kappa shape index (κ1) is 8.44. The summed E-state index contributed by atoms with van der Waals surface area (Å²) in [6.45, 7) is 3.45. The van der Waals surface area contributed by atoms with Gasteiger partial charge < -0.3 is 9.72 Å². The zero-order valence-electron chi connectivity index (χ0n) is 7.54. The second kappa shape index (κ2) is 3.30. The molecule has 0 aliphatic carbocycles. The van der Waals surface area contributed by atoms with Gasteiger partial charge in [-0.3, -0.25) is 0 Å². The predicted molar refractivity (Wildman–Crippen MR) is 47.8 cm³/mol. The van der Waals surface area contributed by atoms with Gasteiger partial charge in [0.1, 0.15) is 0 Å². The zero-order chi connectivity index (χ0) is 9.26. The van der Waals surface area contributed by atoms with Crippen molar-refractivity contribution in [1.29, 1.82) is 0 Å². The molecule has 0 bridgehead atoms. The van der Waals surface area contributed by atoms with Crippen LogP contribution >= 0.6 is 0 Å². The molecule has 13 heavy (non-hydrogen) atoms. The number of hydrogen-bond donors (Lipinski definition) is 1. The summed E-state index contributed by atoms with van der Waals surface area (Å²) < 4.78 is 5.26. The fourth-order valence-electron chi connectivity index (χ4n) is 1.66. The van der Waals surface area contributed by atoms with Crippen molar-refractivity contribution in [2.75, 3.05) is 13.2 Å². The fourth-order valence-corrected chi connectivity index (χ4v) is 1.66. The topological polar surface area (TPSA) is 55.0 Å². The summed E-state index contributed by atoms with van der Waals surface area (Å²) in [5.41, 5.74) is 1.75. The van der Waals surface area contributed by atoms with Crippen LogP contribution in [0.3, 0.4) is 0 Å². The lowest BCUT2D eigenvalue weighted by Crippen LogP contribution is -2.16. The molecule has 0 aromatic carbocycles. The molecule has 1 atom stereocenters. The smallest absolute Gasteiger partial charge is 0.345 e. The van der Waals surface area contributed by atoms with Crippen molar-refractivity contribution in [1.82, 2.24) is 9.97 Å². The molecule has 1 aliphatic heterocycles. The van der Waals surface area contributed by atoms with Crippen LogP contribution in [0.25, 0.3) is 0 Å². The van der Waals surface area contributed by atoms with Crippen LogP contribution in [0.15, 0.2) is 11.0 Å². The molecule has 4 nitrogen and oxygen atoms in total. The maximum atomic E-state index is 11.0. The Morgan fingerprint density at radius 3 is 3.23 bits per heavy atom. The summed E-state index contributed by atoms with van der Waals surface area (Å²) in [6, 6.07) is 0. The Bertz CT molecular complexity index is 353. The highest BCUT2D eigenvalue weighted by Gasteiger charge is 2.20. The molecule has 4 heteroatoms. The Balaban J connectivity index is 2.37. The number of nitrogens with one attached hydrogen (secondary N) is 1. The molecule has 0 amide bonds. The first-order valence-corrected chi connectivity index (χ1v) is 4.41. The van der Waals surface area contributed by atoms with E-state index in [-0.39, 0.29) is 5.69 Å². The van der Waals surface area contributed by atoms with Gasteiger partial charge in [-0.05, 0) is 18.9 Å². The van der Waals surface area contributed by atoms with Crippen LogP contribution in [-0.4, -0.2) is 23.2 Å². The van der Waals surface area contributed by atoms with Crippen molar-refractivity contribution in [3.8, 4) is 0 Å². The SMILES string of the molecule is Cc1cnc(=O)[nH]c1C1CCOC1. The first-order valence-electron chi connectivity index (χ1n) is 4.41. The predicted octanol–water partition coefficient (Wildman–Crippen LogP) is 0.582. The van der Waals surface area contributed by atoms with Gasteiger partial charge in [-0.25, -0.2) is 9.78 Å². The number of aryl methyl sites for hydroxylation is 1. The lowest BCUT2D eigenvalue weighted by Gasteiger charge is -2.09. The van der Waals surface area contributed by atoms with Crippen molar-refractivity contribution >= 4 is 0 Å². The quantitative estimate of drug-likeness (QED) is 0.687. The maximum absolute atomic E-state index is 11.0. The summed E-state index contributed by atoms with van der Waals surface area (Å²) in [4.78, 5) is 17.4. The summed E-state index contributed by atoms with van der Waals surface area (Å²) >= 11 is 0. The van der Waals surface area contributed by atoms with Crippen LogP contribution in [0.1, 0.15) is 23.6 Å². The minimum Gasteiger partial charge on any atom is -0.381 e. The van der Waals surface area contributed by atoms with Crippen molar-refractivity contribution in [2.45, 2.75) is 19.3 Å². The first-order chi connectivity index (χ1) is 6.27. The van der Waals surface area contributed by atoms with Gasteiger partial charge in [0.25, 0.3) is 0 Å². The van der Waals surface area contributed by atoms with Gasteiger partial charge in [0.15, 0.2) is 0 Å². The normalized spacial score (nSPS) is 22.1. The highest BCUT2D eigenvalue weighted by Crippen LogP contribution is 2.24. The van der Waals surface area contributed by atoms with Gasteiger partial charge in [-0.1, -0.05) is 0 Å². The molecule has 0 radical (unpaired) electrons. The molecule has 1 N–H and O–H groups in total. The molecule has 1 aliphatic rings. The Morgan fingerprint density at radius 1 is 1.69 bits per heavy atom. The summed E-state index contributed by atoms with van der Waals surface area (Å²) in [5.74, 6) is 0.343.